The Morgan fingerprint density at radius 2 is 2.04 bits per heavy atom. The van der Waals surface area contributed by atoms with Crippen LogP contribution in [0.4, 0.5) is 5.69 Å². The van der Waals surface area contributed by atoms with E-state index in [9.17, 15) is 9.90 Å². The molecule has 1 amide bonds. The highest BCUT2D eigenvalue weighted by atomic mass is 79.9. The molecule has 10 heteroatoms. The molecule has 9 nitrogen and oxygen atoms in total. The van der Waals surface area contributed by atoms with Crippen molar-refractivity contribution in [1.29, 1.82) is 0 Å². The summed E-state index contributed by atoms with van der Waals surface area (Å²) in [5, 5.41) is 30.1. The topological polar surface area (TPSA) is 121 Å². The van der Waals surface area contributed by atoms with E-state index >= 15 is 0 Å². The molecule has 0 aliphatic rings. The molecule has 2 aromatic heterocycles. The van der Waals surface area contributed by atoms with Crippen LogP contribution in [0.1, 0.15) is 0 Å². The zero-order valence-electron chi connectivity index (χ0n) is 13.7. The molecule has 0 atom stereocenters. The molecule has 0 unspecified atom stereocenters. The number of aromatic amines is 1. The Balaban J connectivity index is 1.51. The first-order chi connectivity index (χ1) is 13.1. The number of benzene rings is 2. The predicted octanol–water partition coefficient (Wildman–Crippen LogP) is 3.60. The number of hydrogen-bond acceptors (Lipinski definition) is 6. The van der Waals surface area contributed by atoms with E-state index in [1.807, 2.05) is 36.4 Å². The SMILES string of the molecule is O=C(Cn1nnc(-c2ccccc2)n1)N=Nc1c(O)[nH]c2ccc(Br)cc12. The minimum absolute atomic E-state index is 0.162. The third-order valence-corrected chi connectivity index (χ3v) is 4.23. The zero-order chi connectivity index (χ0) is 18.8. The fraction of sp³-hybridized carbons (Fsp3) is 0.0588. The summed E-state index contributed by atoms with van der Waals surface area (Å²) in [5.74, 6) is -0.319. The van der Waals surface area contributed by atoms with Crippen LogP contribution in [0, 0.1) is 0 Å². The van der Waals surface area contributed by atoms with E-state index in [0.29, 0.717) is 16.7 Å². The molecule has 0 radical (unpaired) electrons. The van der Waals surface area contributed by atoms with Gasteiger partial charge in [-0.15, -0.1) is 20.4 Å². The second-order valence-corrected chi connectivity index (χ2v) is 6.53. The first-order valence-corrected chi connectivity index (χ1v) is 8.67. The highest BCUT2D eigenvalue weighted by Gasteiger charge is 2.12. The van der Waals surface area contributed by atoms with Crippen LogP contribution in [-0.2, 0) is 11.3 Å². The Kier molecular flexibility index (Phi) is 4.47. The van der Waals surface area contributed by atoms with E-state index in [2.05, 4.69) is 46.6 Å². The Bertz CT molecular complexity index is 1150. The lowest BCUT2D eigenvalue weighted by atomic mass is 10.2. The first kappa shape index (κ1) is 17.0. The largest absolute Gasteiger partial charge is 0.493 e. The summed E-state index contributed by atoms with van der Waals surface area (Å²) in [5.41, 5.74) is 1.67. The molecule has 134 valence electrons. The van der Waals surface area contributed by atoms with Gasteiger partial charge in [0.1, 0.15) is 6.54 Å². The number of fused-ring (bicyclic) bond motifs is 1. The van der Waals surface area contributed by atoms with Crippen LogP contribution in [0.2, 0.25) is 0 Å². The molecule has 4 aromatic rings. The van der Waals surface area contributed by atoms with E-state index in [-0.39, 0.29) is 18.1 Å². The van der Waals surface area contributed by atoms with Gasteiger partial charge in [-0.1, -0.05) is 46.3 Å². The normalized spacial score (nSPS) is 11.4. The molecule has 2 aromatic carbocycles. The van der Waals surface area contributed by atoms with Crippen molar-refractivity contribution in [2.24, 2.45) is 10.2 Å². The molecule has 2 heterocycles. The van der Waals surface area contributed by atoms with Gasteiger partial charge in [-0.3, -0.25) is 4.79 Å². The van der Waals surface area contributed by atoms with Gasteiger partial charge in [-0.25, -0.2) is 0 Å². The third kappa shape index (κ3) is 3.60. The van der Waals surface area contributed by atoms with Crippen molar-refractivity contribution >= 4 is 38.4 Å². The van der Waals surface area contributed by atoms with Gasteiger partial charge in [0.25, 0.3) is 5.91 Å². The molecule has 0 fully saturated rings. The maximum atomic E-state index is 12.1. The maximum Gasteiger partial charge on any atom is 0.287 e. The lowest BCUT2D eigenvalue weighted by Gasteiger charge is -1.94. The number of hydrogen-bond donors (Lipinski definition) is 2. The number of carbonyl (C=O) groups is 1. The number of amides is 1. The van der Waals surface area contributed by atoms with E-state index in [4.69, 9.17) is 0 Å². The van der Waals surface area contributed by atoms with Crippen LogP contribution in [0.25, 0.3) is 22.3 Å². The molecule has 27 heavy (non-hydrogen) atoms. The molecule has 0 spiro atoms. The van der Waals surface area contributed by atoms with Gasteiger partial charge in [-0.05, 0) is 23.4 Å². The van der Waals surface area contributed by atoms with Crippen LogP contribution >= 0.6 is 15.9 Å². The molecule has 0 saturated heterocycles. The van der Waals surface area contributed by atoms with Gasteiger partial charge >= 0.3 is 0 Å². The summed E-state index contributed by atoms with van der Waals surface area (Å²) in [7, 11) is 0. The van der Waals surface area contributed by atoms with E-state index in [1.54, 1.807) is 12.1 Å². The minimum atomic E-state index is -0.573. The smallest absolute Gasteiger partial charge is 0.287 e. The number of rotatable bonds is 4. The highest BCUT2D eigenvalue weighted by Crippen LogP contribution is 2.36. The number of aromatic hydroxyl groups is 1. The van der Waals surface area contributed by atoms with Gasteiger partial charge < -0.3 is 10.1 Å². The minimum Gasteiger partial charge on any atom is -0.493 e. The van der Waals surface area contributed by atoms with Gasteiger partial charge in [0.05, 0.1) is 5.52 Å². The summed E-state index contributed by atoms with van der Waals surface area (Å²) >= 11 is 3.36. The summed E-state index contributed by atoms with van der Waals surface area (Å²) in [4.78, 5) is 16.0. The molecule has 0 saturated carbocycles. The first-order valence-electron chi connectivity index (χ1n) is 7.88. The number of halogens is 1. The van der Waals surface area contributed by atoms with E-state index in [0.717, 1.165) is 14.8 Å². The lowest BCUT2D eigenvalue weighted by molar-refractivity contribution is -0.119. The average Bonchev–Trinajstić information content (AvgIpc) is 3.24. The molecular weight excluding hydrogens is 414 g/mol. The van der Waals surface area contributed by atoms with Gasteiger partial charge in [-0.2, -0.15) is 4.80 Å². The quantitative estimate of drug-likeness (QED) is 0.483. The van der Waals surface area contributed by atoms with E-state index < -0.39 is 5.91 Å². The molecule has 0 aliphatic carbocycles. The third-order valence-electron chi connectivity index (χ3n) is 3.74. The number of nitrogens with zero attached hydrogens (tertiary/aromatic N) is 6. The van der Waals surface area contributed by atoms with Crippen LogP contribution < -0.4 is 0 Å². The molecule has 4 rings (SSSR count). The Morgan fingerprint density at radius 1 is 1.22 bits per heavy atom. The number of H-pyrrole nitrogens is 1. The fourth-order valence-electron chi connectivity index (χ4n) is 2.51. The number of carbonyl (C=O) groups excluding carboxylic acids is 1. The molecular formula is C17H12BrN7O2. The van der Waals surface area contributed by atoms with Crippen LogP contribution in [0.15, 0.2) is 63.2 Å². The monoisotopic (exact) mass is 425 g/mol. The van der Waals surface area contributed by atoms with Crippen molar-refractivity contribution in [3.8, 4) is 17.3 Å². The number of azo groups is 1. The zero-order valence-corrected chi connectivity index (χ0v) is 15.3. The van der Waals surface area contributed by atoms with Crippen LogP contribution in [-0.4, -0.2) is 36.2 Å². The lowest BCUT2D eigenvalue weighted by Crippen LogP contribution is -2.10. The van der Waals surface area contributed by atoms with Crippen LogP contribution in [0.5, 0.6) is 5.88 Å². The predicted molar refractivity (Wildman–Crippen MR) is 100 cm³/mol. The van der Waals surface area contributed by atoms with Crippen LogP contribution in [0.3, 0.4) is 0 Å². The van der Waals surface area contributed by atoms with Crippen molar-refractivity contribution in [1.82, 2.24) is 25.2 Å². The maximum absolute atomic E-state index is 12.1. The van der Waals surface area contributed by atoms with E-state index in [1.165, 1.54) is 0 Å². The standard InChI is InChI=1S/C17H12BrN7O2/c18-11-6-7-13-12(8-11)15(17(27)19-13)21-20-14(26)9-25-23-16(22-24-25)10-4-2-1-3-5-10/h1-8,19,27H,9H2. The van der Waals surface area contributed by atoms with Crippen molar-refractivity contribution < 1.29 is 9.90 Å². The second kappa shape index (κ2) is 7.08. The van der Waals surface area contributed by atoms with Crippen molar-refractivity contribution in [2.45, 2.75) is 6.54 Å². The van der Waals surface area contributed by atoms with Gasteiger partial charge in [0.15, 0.2) is 5.69 Å². The molecule has 2 N–H and O–H groups in total. The average molecular weight is 426 g/mol. The van der Waals surface area contributed by atoms with Crippen molar-refractivity contribution in [3.05, 3.63) is 53.0 Å². The molecule has 0 aliphatic heterocycles. The fourth-order valence-corrected chi connectivity index (χ4v) is 2.87. The number of tetrazole rings is 1. The Hall–Kier alpha value is -3.40. The van der Waals surface area contributed by atoms with Crippen molar-refractivity contribution in [3.63, 3.8) is 0 Å². The Labute approximate surface area is 160 Å². The number of aromatic nitrogens is 5. The summed E-state index contributed by atoms with van der Waals surface area (Å²) < 4.78 is 0.817. The van der Waals surface area contributed by atoms with Gasteiger partial charge in [0, 0.05) is 15.4 Å². The Morgan fingerprint density at radius 3 is 2.85 bits per heavy atom. The number of nitrogens with one attached hydrogen (secondary N) is 1. The summed E-state index contributed by atoms with van der Waals surface area (Å²) in [6, 6.07) is 14.7. The highest BCUT2D eigenvalue weighted by molar-refractivity contribution is 9.10. The van der Waals surface area contributed by atoms with Gasteiger partial charge in [0.2, 0.25) is 11.7 Å². The summed E-state index contributed by atoms with van der Waals surface area (Å²) in [6.07, 6.45) is 0. The molecule has 0 bridgehead atoms. The van der Waals surface area contributed by atoms with Crippen molar-refractivity contribution in [2.75, 3.05) is 0 Å². The second-order valence-electron chi connectivity index (χ2n) is 5.62. The summed E-state index contributed by atoms with van der Waals surface area (Å²) in [6.45, 7) is -0.212.